The lowest BCUT2D eigenvalue weighted by atomic mass is 9.84. The number of esters is 1. The summed E-state index contributed by atoms with van der Waals surface area (Å²) < 4.78 is 16.7. The number of nitrogens with one attached hydrogen (secondary N) is 2. The van der Waals surface area contributed by atoms with Crippen molar-refractivity contribution >= 4 is 17.7 Å². The Bertz CT molecular complexity index is 764. The molecule has 4 atom stereocenters. The first-order valence-electron chi connectivity index (χ1n) is 10.3. The van der Waals surface area contributed by atoms with Crippen LogP contribution in [0.15, 0.2) is 18.2 Å². The maximum absolute atomic E-state index is 12.3. The van der Waals surface area contributed by atoms with Crippen molar-refractivity contribution in [2.75, 3.05) is 19.0 Å². The molecule has 3 N–H and O–H groups in total. The molecule has 2 heterocycles. The van der Waals surface area contributed by atoms with E-state index in [1.165, 1.54) is 7.11 Å². The lowest BCUT2D eigenvalue weighted by Gasteiger charge is -2.36. The van der Waals surface area contributed by atoms with Crippen LogP contribution in [0.4, 0.5) is 10.5 Å². The summed E-state index contributed by atoms with van der Waals surface area (Å²) in [4.78, 5) is 24.0. The first kappa shape index (κ1) is 20.0. The monoisotopic (exact) mass is 404 g/mol. The molecule has 2 fully saturated rings. The van der Waals surface area contributed by atoms with Gasteiger partial charge >= 0.3 is 12.0 Å². The summed E-state index contributed by atoms with van der Waals surface area (Å²) in [6.45, 7) is -0.193. The third-order valence-corrected chi connectivity index (χ3v) is 6.07. The van der Waals surface area contributed by atoms with Crippen molar-refractivity contribution in [1.82, 2.24) is 5.32 Å². The van der Waals surface area contributed by atoms with Gasteiger partial charge in [-0.1, -0.05) is 12.8 Å². The Hall–Kier alpha value is -2.32. The first-order valence-corrected chi connectivity index (χ1v) is 10.3. The number of methoxy groups -OCH3 is 1. The minimum atomic E-state index is -0.516. The van der Waals surface area contributed by atoms with Crippen LogP contribution in [-0.2, 0) is 14.3 Å². The number of aliphatic hydroxyl groups excluding tert-OH is 1. The van der Waals surface area contributed by atoms with E-state index in [-0.39, 0.29) is 49.2 Å². The third kappa shape index (κ3) is 4.33. The standard InChI is InChI=1S/C21H28N2O6/c1-27-19(25)10-14-9-16-15-8-13(23-21(26)22-12-4-2-3-5-12)6-7-17(15)29-20(16)18(11-24)28-14/h6-8,12,14,16,18,20,24H,2-5,9-11H2,1H3,(H2,22,23,26)/t14-,16-,18-,20+/m1/s1. The van der Waals surface area contributed by atoms with Gasteiger partial charge in [-0.15, -0.1) is 0 Å². The van der Waals surface area contributed by atoms with Gasteiger partial charge in [0.2, 0.25) is 0 Å². The van der Waals surface area contributed by atoms with Gasteiger partial charge in [0.1, 0.15) is 18.0 Å². The summed E-state index contributed by atoms with van der Waals surface area (Å²) >= 11 is 0. The number of benzene rings is 1. The number of aliphatic hydroxyl groups is 1. The number of ether oxygens (including phenoxy) is 3. The van der Waals surface area contributed by atoms with Gasteiger partial charge in [-0.25, -0.2) is 4.79 Å². The molecule has 8 nitrogen and oxygen atoms in total. The quantitative estimate of drug-likeness (QED) is 0.651. The van der Waals surface area contributed by atoms with Gasteiger partial charge in [0.25, 0.3) is 0 Å². The highest BCUT2D eigenvalue weighted by molar-refractivity contribution is 5.89. The summed E-state index contributed by atoms with van der Waals surface area (Å²) in [5, 5.41) is 15.7. The molecule has 1 aromatic carbocycles. The maximum Gasteiger partial charge on any atom is 0.319 e. The number of hydrogen-bond acceptors (Lipinski definition) is 6. The SMILES string of the molecule is COC(=O)C[C@H]1C[C@@H]2c3cc(NC(=O)NC4CCCC4)ccc3O[C@@H]2[C@@H](CO)O1. The van der Waals surface area contributed by atoms with Crippen LogP contribution < -0.4 is 15.4 Å². The van der Waals surface area contributed by atoms with Gasteiger partial charge in [-0.3, -0.25) is 4.79 Å². The molecule has 1 aliphatic carbocycles. The van der Waals surface area contributed by atoms with Gasteiger partial charge in [-0.2, -0.15) is 0 Å². The predicted molar refractivity (Wildman–Crippen MR) is 105 cm³/mol. The number of rotatable bonds is 5. The minimum Gasteiger partial charge on any atom is -0.487 e. The zero-order valence-corrected chi connectivity index (χ0v) is 16.6. The Morgan fingerprint density at radius 3 is 2.79 bits per heavy atom. The van der Waals surface area contributed by atoms with Crippen molar-refractivity contribution in [3.63, 3.8) is 0 Å². The second-order valence-corrected chi connectivity index (χ2v) is 8.02. The van der Waals surface area contributed by atoms with E-state index in [1.54, 1.807) is 0 Å². The molecule has 1 aromatic rings. The fourth-order valence-electron chi connectivity index (χ4n) is 4.66. The number of fused-ring (bicyclic) bond motifs is 3. The topological polar surface area (TPSA) is 106 Å². The molecule has 8 heteroatoms. The zero-order chi connectivity index (χ0) is 20.4. The molecule has 1 saturated heterocycles. The van der Waals surface area contributed by atoms with Gasteiger partial charge in [0.15, 0.2) is 0 Å². The molecular formula is C21H28N2O6. The number of hydrogen-bond donors (Lipinski definition) is 3. The van der Waals surface area contributed by atoms with E-state index in [0.29, 0.717) is 12.1 Å². The molecule has 29 heavy (non-hydrogen) atoms. The van der Waals surface area contributed by atoms with Crippen LogP contribution in [0.3, 0.4) is 0 Å². The Kier molecular flexibility index (Phi) is 5.91. The van der Waals surface area contributed by atoms with Crippen LogP contribution in [0.2, 0.25) is 0 Å². The molecule has 3 aliphatic rings. The van der Waals surface area contributed by atoms with E-state index in [4.69, 9.17) is 14.2 Å². The van der Waals surface area contributed by atoms with Gasteiger partial charge in [-0.05, 0) is 37.5 Å². The zero-order valence-electron chi connectivity index (χ0n) is 16.6. The maximum atomic E-state index is 12.3. The highest BCUT2D eigenvalue weighted by atomic mass is 16.6. The Labute approximate surface area is 169 Å². The van der Waals surface area contributed by atoms with Crippen molar-refractivity contribution in [2.24, 2.45) is 0 Å². The van der Waals surface area contributed by atoms with Crippen molar-refractivity contribution in [3.8, 4) is 5.75 Å². The number of urea groups is 1. The molecule has 1 saturated carbocycles. The van der Waals surface area contributed by atoms with Crippen LogP contribution in [0.25, 0.3) is 0 Å². The molecule has 0 unspecified atom stereocenters. The normalized spacial score (nSPS) is 28.2. The van der Waals surface area contributed by atoms with Crippen LogP contribution in [-0.4, -0.2) is 55.2 Å². The molecule has 2 amide bonds. The van der Waals surface area contributed by atoms with E-state index in [1.807, 2.05) is 18.2 Å². The first-order chi connectivity index (χ1) is 14.1. The minimum absolute atomic E-state index is 0.0230. The molecule has 0 spiro atoms. The van der Waals surface area contributed by atoms with Crippen molar-refractivity contribution in [2.45, 2.75) is 68.8 Å². The summed E-state index contributed by atoms with van der Waals surface area (Å²) in [6, 6.07) is 5.62. The summed E-state index contributed by atoms with van der Waals surface area (Å²) in [5.74, 6) is 0.357. The summed E-state index contributed by atoms with van der Waals surface area (Å²) in [5.41, 5.74) is 1.66. The van der Waals surface area contributed by atoms with E-state index < -0.39 is 6.10 Å². The Morgan fingerprint density at radius 2 is 2.07 bits per heavy atom. The largest absolute Gasteiger partial charge is 0.487 e. The second-order valence-electron chi connectivity index (χ2n) is 8.02. The van der Waals surface area contributed by atoms with Crippen molar-refractivity contribution < 1.29 is 28.9 Å². The number of carbonyl (C=O) groups is 2. The molecule has 158 valence electrons. The van der Waals surface area contributed by atoms with Crippen molar-refractivity contribution in [3.05, 3.63) is 23.8 Å². The second kappa shape index (κ2) is 8.59. The fourth-order valence-corrected chi connectivity index (χ4v) is 4.66. The van der Waals surface area contributed by atoms with Gasteiger partial charge in [0.05, 0.1) is 26.2 Å². The lowest BCUT2D eigenvalue weighted by molar-refractivity contribution is -0.156. The average molecular weight is 404 g/mol. The molecule has 4 rings (SSSR count). The van der Waals surface area contributed by atoms with Crippen LogP contribution >= 0.6 is 0 Å². The third-order valence-electron chi connectivity index (χ3n) is 6.07. The number of anilines is 1. The average Bonchev–Trinajstić information content (AvgIpc) is 3.34. The molecule has 2 aliphatic heterocycles. The summed E-state index contributed by atoms with van der Waals surface area (Å²) in [6.07, 6.45) is 3.91. The summed E-state index contributed by atoms with van der Waals surface area (Å²) in [7, 11) is 1.35. The Balaban J connectivity index is 1.47. The highest BCUT2D eigenvalue weighted by Crippen LogP contribution is 2.47. The van der Waals surface area contributed by atoms with E-state index in [2.05, 4.69) is 10.6 Å². The lowest BCUT2D eigenvalue weighted by Crippen LogP contribution is -2.46. The number of carbonyl (C=O) groups excluding carboxylic acids is 2. The molecule has 0 aromatic heterocycles. The van der Waals surface area contributed by atoms with Crippen LogP contribution in [0, 0.1) is 0 Å². The highest BCUT2D eigenvalue weighted by Gasteiger charge is 2.46. The van der Waals surface area contributed by atoms with Crippen LogP contribution in [0.1, 0.15) is 50.0 Å². The van der Waals surface area contributed by atoms with Gasteiger partial charge < -0.3 is 30.0 Å². The fraction of sp³-hybridized carbons (Fsp3) is 0.619. The van der Waals surface area contributed by atoms with Crippen molar-refractivity contribution in [1.29, 1.82) is 0 Å². The van der Waals surface area contributed by atoms with E-state index in [0.717, 1.165) is 37.0 Å². The van der Waals surface area contributed by atoms with E-state index in [9.17, 15) is 14.7 Å². The van der Waals surface area contributed by atoms with Gasteiger partial charge in [0, 0.05) is 23.2 Å². The molecule has 0 bridgehead atoms. The Morgan fingerprint density at radius 1 is 1.28 bits per heavy atom. The smallest absolute Gasteiger partial charge is 0.319 e. The molecule has 0 radical (unpaired) electrons. The van der Waals surface area contributed by atoms with Crippen LogP contribution in [0.5, 0.6) is 5.75 Å². The van der Waals surface area contributed by atoms with E-state index >= 15 is 0 Å². The number of amides is 2. The molecular weight excluding hydrogens is 376 g/mol. The predicted octanol–water partition coefficient (Wildman–Crippen LogP) is 2.31.